The Kier molecular flexibility index (Phi) is 4.53. The van der Waals surface area contributed by atoms with Crippen LogP contribution in [0.25, 0.3) is 0 Å². The van der Waals surface area contributed by atoms with Crippen molar-refractivity contribution in [1.82, 2.24) is 0 Å². The quantitative estimate of drug-likeness (QED) is 0.702. The predicted octanol–water partition coefficient (Wildman–Crippen LogP) is 4.68. The van der Waals surface area contributed by atoms with Gasteiger partial charge >= 0.3 is 0 Å². The van der Waals surface area contributed by atoms with Crippen molar-refractivity contribution in [1.29, 1.82) is 0 Å². The van der Waals surface area contributed by atoms with E-state index in [0.29, 0.717) is 27.3 Å². The minimum absolute atomic E-state index is 0.188. The third-order valence-electron chi connectivity index (χ3n) is 3.60. The van der Waals surface area contributed by atoms with E-state index in [4.69, 9.17) is 0 Å². The first-order valence-electron chi connectivity index (χ1n) is 7.31. The molecule has 0 aliphatic heterocycles. The van der Waals surface area contributed by atoms with Crippen molar-refractivity contribution >= 4 is 28.7 Å². The average molecular weight is 339 g/mol. The summed E-state index contributed by atoms with van der Waals surface area (Å²) in [5.41, 5.74) is 1.77. The average Bonchev–Trinajstić information content (AvgIpc) is 3.11. The van der Waals surface area contributed by atoms with Gasteiger partial charge in [-0.25, -0.2) is 4.39 Å². The topological polar surface area (TPSA) is 46.2 Å². The van der Waals surface area contributed by atoms with Crippen LogP contribution in [-0.4, -0.2) is 11.7 Å². The van der Waals surface area contributed by atoms with Crippen LogP contribution in [0.3, 0.4) is 0 Å². The summed E-state index contributed by atoms with van der Waals surface area (Å²) in [7, 11) is 0. The van der Waals surface area contributed by atoms with Gasteiger partial charge in [0.25, 0.3) is 5.91 Å². The number of ketones is 1. The van der Waals surface area contributed by atoms with Crippen LogP contribution in [-0.2, 0) is 0 Å². The number of carbonyl (C=O) groups excluding carboxylic acids is 2. The van der Waals surface area contributed by atoms with E-state index in [1.165, 1.54) is 29.5 Å². The molecule has 3 nitrogen and oxygen atoms in total. The van der Waals surface area contributed by atoms with Crippen LogP contribution < -0.4 is 5.32 Å². The highest BCUT2D eigenvalue weighted by atomic mass is 32.1. The van der Waals surface area contributed by atoms with E-state index in [-0.39, 0.29) is 11.6 Å². The summed E-state index contributed by atoms with van der Waals surface area (Å²) in [6.07, 6.45) is 0. The second-order valence-corrected chi connectivity index (χ2v) is 6.21. The van der Waals surface area contributed by atoms with E-state index in [9.17, 15) is 14.0 Å². The molecule has 5 heteroatoms. The lowest BCUT2D eigenvalue weighted by Crippen LogP contribution is -2.17. The minimum atomic E-state index is -0.398. The van der Waals surface area contributed by atoms with E-state index in [2.05, 4.69) is 5.32 Å². The van der Waals surface area contributed by atoms with Gasteiger partial charge in [-0.1, -0.05) is 24.3 Å². The number of thiophene rings is 1. The van der Waals surface area contributed by atoms with Gasteiger partial charge in [-0.2, -0.15) is 0 Å². The van der Waals surface area contributed by atoms with Gasteiger partial charge in [0.05, 0.1) is 10.4 Å². The Morgan fingerprint density at radius 3 is 2.42 bits per heavy atom. The van der Waals surface area contributed by atoms with Crippen molar-refractivity contribution in [2.45, 2.75) is 6.92 Å². The summed E-state index contributed by atoms with van der Waals surface area (Å²) in [6.45, 7) is 1.71. The molecule has 0 aliphatic rings. The third kappa shape index (κ3) is 3.26. The van der Waals surface area contributed by atoms with Gasteiger partial charge in [0.1, 0.15) is 5.82 Å². The van der Waals surface area contributed by atoms with Crippen molar-refractivity contribution in [3.05, 3.63) is 87.4 Å². The predicted molar refractivity (Wildman–Crippen MR) is 93.3 cm³/mol. The second-order valence-electron chi connectivity index (χ2n) is 5.27. The summed E-state index contributed by atoms with van der Waals surface area (Å²) in [5, 5.41) is 4.56. The fourth-order valence-corrected chi connectivity index (χ4v) is 3.05. The second kappa shape index (κ2) is 6.76. The molecule has 3 rings (SSSR count). The zero-order chi connectivity index (χ0) is 17.1. The van der Waals surface area contributed by atoms with Crippen LogP contribution in [0.15, 0.2) is 60.0 Å². The van der Waals surface area contributed by atoms with E-state index in [1.807, 2.05) is 5.38 Å². The Morgan fingerprint density at radius 2 is 1.75 bits per heavy atom. The molecule has 1 amide bonds. The highest BCUT2D eigenvalue weighted by Gasteiger charge is 2.19. The van der Waals surface area contributed by atoms with Gasteiger partial charge in [0, 0.05) is 11.3 Å². The standard InChI is InChI=1S/C19H14FNO2S/c1-12-11-13(20)8-9-16(12)21-19(23)15-6-3-2-5-14(15)18(22)17-7-4-10-24-17/h2-11H,1H3,(H,21,23). The summed E-state index contributed by atoms with van der Waals surface area (Å²) in [5.74, 6) is -0.949. The first-order valence-corrected chi connectivity index (χ1v) is 8.19. The molecule has 120 valence electrons. The van der Waals surface area contributed by atoms with Crippen molar-refractivity contribution in [2.24, 2.45) is 0 Å². The van der Waals surface area contributed by atoms with Gasteiger partial charge in [-0.15, -0.1) is 11.3 Å². The molecule has 0 unspecified atom stereocenters. The zero-order valence-electron chi connectivity index (χ0n) is 12.9. The van der Waals surface area contributed by atoms with Crippen LogP contribution in [0.1, 0.15) is 31.2 Å². The van der Waals surface area contributed by atoms with Gasteiger partial charge in [-0.3, -0.25) is 9.59 Å². The Labute approximate surface area is 142 Å². The van der Waals surface area contributed by atoms with Crippen LogP contribution >= 0.6 is 11.3 Å². The Hall–Kier alpha value is -2.79. The molecule has 1 N–H and O–H groups in total. The number of amides is 1. The van der Waals surface area contributed by atoms with Crippen molar-refractivity contribution < 1.29 is 14.0 Å². The van der Waals surface area contributed by atoms with Gasteiger partial charge < -0.3 is 5.32 Å². The summed E-state index contributed by atoms with van der Waals surface area (Å²) < 4.78 is 13.2. The molecule has 0 aliphatic carbocycles. The van der Waals surface area contributed by atoms with Crippen molar-refractivity contribution in [2.75, 3.05) is 5.32 Å². The number of benzene rings is 2. The molecule has 0 bridgehead atoms. The lowest BCUT2D eigenvalue weighted by molar-refractivity contribution is 0.0997. The lowest BCUT2D eigenvalue weighted by Gasteiger charge is -2.11. The number of nitrogens with one attached hydrogen (secondary N) is 1. The number of carbonyl (C=O) groups is 2. The van der Waals surface area contributed by atoms with Crippen LogP contribution in [0, 0.1) is 12.7 Å². The maximum Gasteiger partial charge on any atom is 0.256 e. The molecule has 1 aromatic heterocycles. The van der Waals surface area contributed by atoms with Gasteiger partial charge in [0.2, 0.25) is 5.78 Å². The molecular weight excluding hydrogens is 325 g/mol. The molecule has 24 heavy (non-hydrogen) atoms. The smallest absolute Gasteiger partial charge is 0.256 e. The van der Waals surface area contributed by atoms with Crippen LogP contribution in [0.2, 0.25) is 0 Å². The maximum absolute atomic E-state index is 13.2. The number of hydrogen-bond donors (Lipinski definition) is 1. The molecule has 0 atom stereocenters. The number of aryl methyl sites for hydroxylation is 1. The number of anilines is 1. The van der Waals surface area contributed by atoms with Crippen molar-refractivity contribution in [3.8, 4) is 0 Å². The highest BCUT2D eigenvalue weighted by Crippen LogP contribution is 2.21. The van der Waals surface area contributed by atoms with Crippen LogP contribution in [0.5, 0.6) is 0 Å². The van der Waals surface area contributed by atoms with E-state index >= 15 is 0 Å². The van der Waals surface area contributed by atoms with E-state index in [0.717, 1.165) is 0 Å². The zero-order valence-corrected chi connectivity index (χ0v) is 13.7. The molecule has 3 aromatic rings. The molecule has 0 spiro atoms. The molecule has 0 saturated carbocycles. The van der Waals surface area contributed by atoms with Crippen molar-refractivity contribution in [3.63, 3.8) is 0 Å². The normalized spacial score (nSPS) is 10.4. The monoisotopic (exact) mass is 339 g/mol. The van der Waals surface area contributed by atoms with E-state index in [1.54, 1.807) is 43.3 Å². The lowest BCUT2D eigenvalue weighted by atomic mass is 10.0. The largest absolute Gasteiger partial charge is 0.322 e. The van der Waals surface area contributed by atoms with Crippen LogP contribution in [0.4, 0.5) is 10.1 Å². The Morgan fingerprint density at radius 1 is 1.00 bits per heavy atom. The number of halogens is 1. The molecule has 2 aromatic carbocycles. The van der Waals surface area contributed by atoms with E-state index < -0.39 is 5.91 Å². The van der Waals surface area contributed by atoms with Gasteiger partial charge in [-0.05, 0) is 48.2 Å². The fourth-order valence-electron chi connectivity index (χ4n) is 2.38. The maximum atomic E-state index is 13.2. The molecule has 0 fully saturated rings. The summed E-state index contributed by atoms with van der Waals surface area (Å²) in [6, 6.07) is 14.3. The minimum Gasteiger partial charge on any atom is -0.322 e. The number of rotatable bonds is 4. The summed E-state index contributed by atoms with van der Waals surface area (Å²) in [4.78, 5) is 25.7. The first-order chi connectivity index (χ1) is 11.6. The fraction of sp³-hybridized carbons (Fsp3) is 0.0526. The molecular formula is C19H14FNO2S. The molecule has 1 heterocycles. The highest BCUT2D eigenvalue weighted by molar-refractivity contribution is 7.12. The summed E-state index contributed by atoms with van der Waals surface area (Å²) >= 11 is 1.33. The Bertz CT molecular complexity index is 903. The third-order valence-corrected chi connectivity index (χ3v) is 4.47. The Balaban J connectivity index is 1.92. The SMILES string of the molecule is Cc1cc(F)ccc1NC(=O)c1ccccc1C(=O)c1cccs1. The first kappa shape index (κ1) is 16.1. The number of hydrogen-bond acceptors (Lipinski definition) is 3. The molecule has 0 radical (unpaired) electrons. The molecule has 0 saturated heterocycles. The van der Waals surface area contributed by atoms with Gasteiger partial charge in [0.15, 0.2) is 0 Å².